The first kappa shape index (κ1) is 18.8. The van der Waals surface area contributed by atoms with E-state index in [0.29, 0.717) is 10.7 Å². The van der Waals surface area contributed by atoms with Crippen molar-refractivity contribution in [2.45, 2.75) is 19.5 Å². The number of anilines is 2. The van der Waals surface area contributed by atoms with E-state index in [1.165, 1.54) is 0 Å². The molecule has 0 aromatic heterocycles. The van der Waals surface area contributed by atoms with Crippen LogP contribution in [0.1, 0.15) is 17.5 Å². The molecule has 25 heavy (non-hydrogen) atoms. The minimum absolute atomic E-state index is 0.171. The van der Waals surface area contributed by atoms with Crippen LogP contribution in [0.15, 0.2) is 42.5 Å². The van der Waals surface area contributed by atoms with E-state index < -0.39 is 30.0 Å². The molecule has 0 saturated carbocycles. The van der Waals surface area contributed by atoms with Crippen molar-refractivity contribution in [3.05, 3.63) is 58.6 Å². The average molecular weight is 371 g/mol. The van der Waals surface area contributed by atoms with Gasteiger partial charge in [0.15, 0.2) is 0 Å². The number of benzene rings is 2. The van der Waals surface area contributed by atoms with Gasteiger partial charge in [0, 0.05) is 16.4 Å². The van der Waals surface area contributed by atoms with Crippen molar-refractivity contribution in [2.75, 3.05) is 10.6 Å². The molecule has 2 aromatic rings. The summed E-state index contributed by atoms with van der Waals surface area (Å²) < 4.78 is 37.4. The molecule has 0 atom stereocenters. The fourth-order valence-electron chi connectivity index (χ4n) is 2.02. The summed E-state index contributed by atoms with van der Waals surface area (Å²) in [6.07, 6.45) is -4.93. The molecular formula is C17H14ClF3N2O2. The minimum Gasteiger partial charge on any atom is -0.326 e. The summed E-state index contributed by atoms with van der Waals surface area (Å²) >= 11 is 5.85. The maximum absolute atomic E-state index is 12.5. The Morgan fingerprint density at radius 2 is 1.60 bits per heavy atom. The molecule has 0 radical (unpaired) electrons. The molecule has 0 aliphatic carbocycles. The van der Waals surface area contributed by atoms with Crippen molar-refractivity contribution < 1.29 is 22.8 Å². The highest BCUT2D eigenvalue weighted by molar-refractivity contribution is 6.31. The Morgan fingerprint density at radius 1 is 1.00 bits per heavy atom. The molecular weight excluding hydrogens is 357 g/mol. The van der Waals surface area contributed by atoms with Crippen molar-refractivity contribution in [3.63, 3.8) is 0 Å². The Morgan fingerprint density at radius 3 is 2.20 bits per heavy atom. The van der Waals surface area contributed by atoms with Gasteiger partial charge in [-0.1, -0.05) is 17.7 Å². The fraction of sp³-hybridized carbons (Fsp3) is 0.176. The minimum atomic E-state index is -4.45. The number of amides is 2. The molecule has 8 heteroatoms. The third-order valence-electron chi connectivity index (χ3n) is 3.29. The van der Waals surface area contributed by atoms with Gasteiger partial charge in [-0.2, -0.15) is 13.2 Å². The summed E-state index contributed by atoms with van der Waals surface area (Å²) in [6.45, 7) is 1.77. The van der Waals surface area contributed by atoms with Crippen molar-refractivity contribution in [3.8, 4) is 0 Å². The van der Waals surface area contributed by atoms with E-state index in [-0.39, 0.29) is 5.69 Å². The van der Waals surface area contributed by atoms with E-state index in [9.17, 15) is 22.8 Å². The number of carbonyl (C=O) groups is 2. The van der Waals surface area contributed by atoms with Crippen LogP contribution in [0.3, 0.4) is 0 Å². The third-order valence-corrected chi connectivity index (χ3v) is 3.53. The lowest BCUT2D eigenvalue weighted by Gasteiger charge is -2.10. The second-order valence-corrected chi connectivity index (χ2v) is 5.74. The smallest absolute Gasteiger partial charge is 0.326 e. The van der Waals surface area contributed by atoms with Crippen molar-refractivity contribution in [1.82, 2.24) is 0 Å². The number of nitrogens with one attached hydrogen (secondary N) is 2. The molecule has 4 nitrogen and oxygen atoms in total. The topological polar surface area (TPSA) is 58.2 Å². The SMILES string of the molecule is Cc1ccc(Cl)cc1NC(=O)CC(=O)Nc1ccc(C(F)(F)F)cc1. The van der Waals surface area contributed by atoms with Crippen LogP contribution in [0.4, 0.5) is 24.5 Å². The molecule has 0 saturated heterocycles. The van der Waals surface area contributed by atoms with E-state index in [0.717, 1.165) is 29.8 Å². The number of hydrogen-bond donors (Lipinski definition) is 2. The first-order chi connectivity index (χ1) is 11.6. The van der Waals surface area contributed by atoms with Crippen LogP contribution in [0.5, 0.6) is 0 Å². The molecule has 2 rings (SSSR count). The maximum atomic E-state index is 12.5. The van der Waals surface area contributed by atoms with Gasteiger partial charge in [-0.25, -0.2) is 0 Å². The molecule has 2 amide bonds. The number of alkyl halides is 3. The Labute approximate surface area is 147 Å². The lowest BCUT2D eigenvalue weighted by molar-refractivity contribution is -0.137. The lowest BCUT2D eigenvalue weighted by atomic mass is 10.2. The number of carbonyl (C=O) groups excluding carboxylic acids is 2. The van der Waals surface area contributed by atoms with Crippen LogP contribution in [0, 0.1) is 6.92 Å². The van der Waals surface area contributed by atoms with E-state index in [1.807, 2.05) is 0 Å². The molecule has 0 fully saturated rings. The van der Waals surface area contributed by atoms with Crippen LogP contribution in [-0.4, -0.2) is 11.8 Å². The van der Waals surface area contributed by atoms with Crippen LogP contribution in [-0.2, 0) is 15.8 Å². The zero-order valence-corrected chi connectivity index (χ0v) is 13.8. The second-order valence-electron chi connectivity index (χ2n) is 5.31. The lowest BCUT2D eigenvalue weighted by Crippen LogP contribution is -2.21. The van der Waals surface area contributed by atoms with Gasteiger partial charge in [0.2, 0.25) is 11.8 Å². The summed E-state index contributed by atoms with van der Waals surface area (Å²) in [5, 5.41) is 5.37. The highest BCUT2D eigenvalue weighted by atomic mass is 35.5. The molecule has 2 aromatic carbocycles. The van der Waals surface area contributed by atoms with Crippen molar-refractivity contribution in [1.29, 1.82) is 0 Å². The molecule has 2 N–H and O–H groups in total. The van der Waals surface area contributed by atoms with Crippen LogP contribution in [0.2, 0.25) is 5.02 Å². The molecule has 0 bridgehead atoms. The molecule has 132 valence electrons. The van der Waals surface area contributed by atoms with E-state index in [1.54, 1.807) is 25.1 Å². The Kier molecular flexibility index (Phi) is 5.69. The fourth-order valence-corrected chi connectivity index (χ4v) is 2.19. The van der Waals surface area contributed by atoms with Crippen LogP contribution < -0.4 is 10.6 Å². The molecule has 0 aliphatic heterocycles. The molecule has 0 heterocycles. The first-order valence-electron chi connectivity index (χ1n) is 7.18. The summed E-state index contributed by atoms with van der Waals surface area (Å²) in [5.74, 6) is -1.20. The summed E-state index contributed by atoms with van der Waals surface area (Å²) in [7, 11) is 0. The standard InChI is InChI=1S/C17H14ClF3N2O2/c1-10-2-5-12(18)8-14(10)23-16(25)9-15(24)22-13-6-3-11(4-7-13)17(19,20)21/h2-8H,9H2,1H3,(H,22,24)(H,23,25). The van der Waals surface area contributed by atoms with E-state index in [2.05, 4.69) is 10.6 Å². The van der Waals surface area contributed by atoms with Crippen molar-refractivity contribution >= 4 is 34.8 Å². The first-order valence-corrected chi connectivity index (χ1v) is 7.56. The normalized spacial score (nSPS) is 11.1. The summed E-state index contributed by atoms with van der Waals surface area (Å²) in [6, 6.07) is 8.90. The monoisotopic (exact) mass is 370 g/mol. The van der Waals surface area contributed by atoms with Crippen LogP contribution in [0.25, 0.3) is 0 Å². The van der Waals surface area contributed by atoms with E-state index in [4.69, 9.17) is 11.6 Å². The maximum Gasteiger partial charge on any atom is 0.416 e. The number of halogens is 4. The van der Waals surface area contributed by atoms with Gasteiger partial charge < -0.3 is 10.6 Å². The van der Waals surface area contributed by atoms with Gasteiger partial charge >= 0.3 is 6.18 Å². The zero-order chi connectivity index (χ0) is 18.6. The quantitative estimate of drug-likeness (QED) is 0.771. The van der Waals surface area contributed by atoms with Gasteiger partial charge in [0.25, 0.3) is 0 Å². The highest BCUT2D eigenvalue weighted by Gasteiger charge is 2.30. The zero-order valence-electron chi connectivity index (χ0n) is 13.1. The Hall–Kier alpha value is -2.54. The summed E-state index contributed by atoms with van der Waals surface area (Å²) in [4.78, 5) is 23.7. The van der Waals surface area contributed by atoms with Gasteiger partial charge in [0.1, 0.15) is 6.42 Å². The van der Waals surface area contributed by atoms with Crippen LogP contribution >= 0.6 is 11.6 Å². The Bertz CT molecular complexity index is 789. The van der Waals surface area contributed by atoms with E-state index >= 15 is 0 Å². The highest BCUT2D eigenvalue weighted by Crippen LogP contribution is 2.29. The predicted molar refractivity (Wildman–Crippen MR) is 89.5 cm³/mol. The molecule has 0 unspecified atom stereocenters. The molecule has 0 aliphatic rings. The average Bonchev–Trinajstić information content (AvgIpc) is 2.50. The van der Waals surface area contributed by atoms with Crippen molar-refractivity contribution in [2.24, 2.45) is 0 Å². The number of rotatable bonds is 4. The largest absolute Gasteiger partial charge is 0.416 e. The van der Waals surface area contributed by atoms with Gasteiger partial charge in [-0.15, -0.1) is 0 Å². The van der Waals surface area contributed by atoms with Gasteiger partial charge in [0.05, 0.1) is 5.56 Å². The Balaban J connectivity index is 1.93. The number of hydrogen-bond acceptors (Lipinski definition) is 2. The molecule has 0 spiro atoms. The summed E-state index contributed by atoms with van der Waals surface area (Å²) in [5.41, 5.74) is 0.616. The predicted octanol–water partition coefficient (Wildman–Crippen LogP) is 4.63. The van der Waals surface area contributed by atoms with Gasteiger partial charge in [-0.05, 0) is 48.9 Å². The van der Waals surface area contributed by atoms with Gasteiger partial charge in [-0.3, -0.25) is 9.59 Å². The number of aryl methyl sites for hydroxylation is 1. The third kappa shape index (κ3) is 5.49. The second kappa shape index (κ2) is 7.57.